The molecule has 0 aliphatic rings. The smallest absolute Gasteiger partial charge is 0.243 e. The van der Waals surface area contributed by atoms with E-state index < -0.39 is 11.9 Å². The van der Waals surface area contributed by atoms with Gasteiger partial charge in [-0.2, -0.15) is 13.2 Å². The number of hydrogen-bond donors (Lipinski definition) is 0. The lowest BCUT2D eigenvalue weighted by molar-refractivity contribution is -0.140. The van der Waals surface area contributed by atoms with E-state index in [1.165, 1.54) is 0 Å². The SMILES string of the molecule is Cc1ccc(C)c2c(Cl)cc(C(F)(F)F)nc12. The number of pyridine rings is 1. The summed E-state index contributed by atoms with van der Waals surface area (Å²) in [5.41, 5.74) is 0.851. The zero-order valence-electron chi connectivity index (χ0n) is 9.19. The van der Waals surface area contributed by atoms with Crippen LogP contribution in [0.5, 0.6) is 0 Å². The first-order chi connectivity index (χ1) is 7.80. The van der Waals surface area contributed by atoms with E-state index in [-0.39, 0.29) is 5.02 Å². The van der Waals surface area contributed by atoms with Gasteiger partial charge in [0.15, 0.2) is 0 Å². The molecule has 0 fully saturated rings. The topological polar surface area (TPSA) is 12.9 Å². The number of alkyl halides is 3. The number of benzene rings is 1. The molecule has 0 saturated carbocycles. The van der Waals surface area contributed by atoms with Crippen molar-refractivity contribution >= 4 is 22.5 Å². The van der Waals surface area contributed by atoms with E-state index in [4.69, 9.17) is 11.6 Å². The minimum absolute atomic E-state index is 0.0866. The molecule has 0 N–H and O–H groups in total. The van der Waals surface area contributed by atoms with Crippen molar-refractivity contribution in [3.63, 3.8) is 0 Å². The van der Waals surface area contributed by atoms with Crippen LogP contribution >= 0.6 is 11.6 Å². The van der Waals surface area contributed by atoms with Gasteiger partial charge in [-0.05, 0) is 31.0 Å². The lowest BCUT2D eigenvalue weighted by Crippen LogP contribution is -2.08. The normalized spacial score (nSPS) is 12.1. The van der Waals surface area contributed by atoms with Crippen LogP contribution in [-0.2, 0) is 6.18 Å². The first-order valence-corrected chi connectivity index (χ1v) is 5.32. The van der Waals surface area contributed by atoms with Gasteiger partial charge in [0.1, 0.15) is 5.69 Å². The van der Waals surface area contributed by atoms with Gasteiger partial charge in [0.05, 0.1) is 10.5 Å². The van der Waals surface area contributed by atoms with E-state index in [1.807, 2.05) is 6.07 Å². The molecule has 1 aromatic heterocycles. The second-order valence-corrected chi connectivity index (χ2v) is 4.32. The Labute approximate surface area is 101 Å². The molecule has 0 aliphatic carbocycles. The minimum Gasteiger partial charge on any atom is -0.243 e. The van der Waals surface area contributed by atoms with Crippen LogP contribution in [-0.4, -0.2) is 4.98 Å². The molecule has 0 unspecified atom stereocenters. The van der Waals surface area contributed by atoms with E-state index in [2.05, 4.69) is 4.98 Å². The summed E-state index contributed by atoms with van der Waals surface area (Å²) in [5, 5.41) is 0.670. The summed E-state index contributed by atoms with van der Waals surface area (Å²) in [7, 11) is 0. The molecule has 5 heteroatoms. The van der Waals surface area contributed by atoms with Gasteiger partial charge in [-0.3, -0.25) is 0 Å². The molecule has 0 bridgehead atoms. The van der Waals surface area contributed by atoms with Crippen LogP contribution in [0.3, 0.4) is 0 Å². The Kier molecular flexibility index (Phi) is 2.78. The Morgan fingerprint density at radius 2 is 1.71 bits per heavy atom. The fourth-order valence-corrected chi connectivity index (χ4v) is 2.07. The number of nitrogens with zero attached hydrogens (tertiary/aromatic N) is 1. The predicted octanol–water partition coefficient (Wildman–Crippen LogP) is 4.52. The Morgan fingerprint density at radius 1 is 1.12 bits per heavy atom. The number of halogens is 4. The summed E-state index contributed by atoms with van der Waals surface area (Å²) in [5.74, 6) is 0. The van der Waals surface area contributed by atoms with Gasteiger partial charge in [0, 0.05) is 5.39 Å². The lowest BCUT2D eigenvalue weighted by atomic mass is 10.1. The highest BCUT2D eigenvalue weighted by Crippen LogP contribution is 2.34. The molecule has 1 nitrogen and oxygen atoms in total. The molecular weight excluding hydrogens is 251 g/mol. The molecule has 0 atom stereocenters. The van der Waals surface area contributed by atoms with Gasteiger partial charge in [0.2, 0.25) is 0 Å². The maximum absolute atomic E-state index is 12.6. The van der Waals surface area contributed by atoms with E-state index in [9.17, 15) is 13.2 Å². The molecule has 90 valence electrons. The van der Waals surface area contributed by atoms with Crippen molar-refractivity contribution in [3.05, 3.63) is 40.0 Å². The first-order valence-electron chi connectivity index (χ1n) is 4.94. The summed E-state index contributed by atoms with van der Waals surface area (Å²) in [6.45, 7) is 3.51. The second kappa shape index (κ2) is 3.88. The van der Waals surface area contributed by atoms with Crippen LogP contribution in [0.1, 0.15) is 16.8 Å². The van der Waals surface area contributed by atoms with Crippen LogP contribution < -0.4 is 0 Å². The van der Waals surface area contributed by atoms with Crippen molar-refractivity contribution in [2.45, 2.75) is 20.0 Å². The molecule has 0 spiro atoms. The third-order valence-electron chi connectivity index (χ3n) is 2.61. The first kappa shape index (κ1) is 12.2. The van der Waals surface area contributed by atoms with Crippen LogP contribution in [0.4, 0.5) is 13.2 Å². The minimum atomic E-state index is -4.48. The number of aromatic nitrogens is 1. The third-order valence-corrected chi connectivity index (χ3v) is 2.91. The molecule has 2 rings (SSSR count). The van der Waals surface area contributed by atoms with Crippen LogP contribution in [0.25, 0.3) is 10.9 Å². The van der Waals surface area contributed by atoms with Crippen molar-refractivity contribution in [1.82, 2.24) is 4.98 Å². The molecule has 1 heterocycles. The summed E-state index contributed by atoms with van der Waals surface area (Å²) in [6.07, 6.45) is -4.48. The van der Waals surface area contributed by atoms with Gasteiger partial charge >= 0.3 is 6.18 Å². The van der Waals surface area contributed by atoms with E-state index in [0.717, 1.165) is 11.6 Å². The number of hydrogen-bond acceptors (Lipinski definition) is 1. The van der Waals surface area contributed by atoms with E-state index in [1.54, 1.807) is 19.9 Å². The predicted molar refractivity (Wildman–Crippen MR) is 61.2 cm³/mol. The maximum Gasteiger partial charge on any atom is 0.433 e. The standard InChI is InChI=1S/C12H9ClF3N/c1-6-3-4-7(2)11-10(6)8(13)5-9(17-11)12(14,15)16/h3-5H,1-2H3. The highest BCUT2D eigenvalue weighted by atomic mass is 35.5. The van der Waals surface area contributed by atoms with Crippen molar-refractivity contribution in [2.24, 2.45) is 0 Å². The zero-order valence-corrected chi connectivity index (χ0v) is 9.95. The monoisotopic (exact) mass is 259 g/mol. The molecule has 1 aromatic carbocycles. The lowest BCUT2D eigenvalue weighted by Gasteiger charge is -2.11. The largest absolute Gasteiger partial charge is 0.433 e. The highest BCUT2D eigenvalue weighted by molar-refractivity contribution is 6.35. The molecule has 0 amide bonds. The Balaban J connectivity index is 2.87. The van der Waals surface area contributed by atoms with Gasteiger partial charge < -0.3 is 0 Å². The molecule has 2 aromatic rings. The van der Waals surface area contributed by atoms with Gasteiger partial charge in [-0.1, -0.05) is 23.7 Å². The van der Waals surface area contributed by atoms with Crippen molar-refractivity contribution < 1.29 is 13.2 Å². The van der Waals surface area contributed by atoms with Gasteiger partial charge in [-0.25, -0.2) is 4.98 Å². The summed E-state index contributed by atoms with van der Waals surface area (Å²) < 4.78 is 37.8. The number of fused-ring (bicyclic) bond motifs is 1. The van der Waals surface area contributed by atoms with Crippen molar-refractivity contribution in [1.29, 1.82) is 0 Å². The Hall–Kier alpha value is -1.29. The van der Waals surface area contributed by atoms with Gasteiger partial charge in [0.25, 0.3) is 0 Å². The molecule has 0 aliphatic heterocycles. The quantitative estimate of drug-likeness (QED) is 0.678. The Morgan fingerprint density at radius 3 is 2.29 bits per heavy atom. The average Bonchev–Trinajstić information content (AvgIpc) is 2.21. The van der Waals surface area contributed by atoms with E-state index >= 15 is 0 Å². The molecule has 0 radical (unpaired) electrons. The summed E-state index contributed by atoms with van der Waals surface area (Å²) in [6, 6.07) is 4.43. The van der Waals surface area contributed by atoms with E-state index in [0.29, 0.717) is 16.5 Å². The molecule has 17 heavy (non-hydrogen) atoms. The van der Waals surface area contributed by atoms with Crippen LogP contribution in [0.15, 0.2) is 18.2 Å². The third kappa shape index (κ3) is 2.09. The molecular formula is C12H9ClF3N. The summed E-state index contributed by atoms with van der Waals surface area (Å²) in [4.78, 5) is 3.66. The Bertz CT molecular complexity index is 590. The second-order valence-electron chi connectivity index (χ2n) is 3.91. The molecule has 0 saturated heterocycles. The summed E-state index contributed by atoms with van der Waals surface area (Å²) >= 11 is 5.91. The zero-order chi connectivity index (χ0) is 12.8. The van der Waals surface area contributed by atoms with Crippen molar-refractivity contribution in [3.8, 4) is 0 Å². The highest BCUT2D eigenvalue weighted by Gasteiger charge is 2.33. The van der Waals surface area contributed by atoms with Crippen LogP contribution in [0.2, 0.25) is 5.02 Å². The fraction of sp³-hybridized carbons (Fsp3) is 0.250. The van der Waals surface area contributed by atoms with Crippen molar-refractivity contribution in [2.75, 3.05) is 0 Å². The fourth-order valence-electron chi connectivity index (χ4n) is 1.73. The maximum atomic E-state index is 12.6. The number of aryl methyl sites for hydroxylation is 2. The van der Waals surface area contributed by atoms with Crippen LogP contribution in [0, 0.1) is 13.8 Å². The number of rotatable bonds is 0. The van der Waals surface area contributed by atoms with Gasteiger partial charge in [-0.15, -0.1) is 0 Å². The average molecular weight is 260 g/mol.